The summed E-state index contributed by atoms with van der Waals surface area (Å²) < 4.78 is 79.4. The second-order valence-corrected chi connectivity index (χ2v) is 9.97. The quantitative estimate of drug-likeness (QED) is 0.199. The van der Waals surface area contributed by atoms with Crippen LogP contribution in [-0.4, -0.2) is 34.4 Å². The molecule has 3 aromatic heterocycles. The number of rotatable bonds is 7. The number of aryl methyl sites for hydroxylation is 2. The molecule has 1 unspecified atom stereocenters. The molecule has 0 amide bonds. The van der Waals surface area contributed by atoms with Gasteiger partial charge in [-0.05, 0) is 60.4 Å². The van der Waals surface area contributed by atoms with Crippen LogP contribution in [0.4, 0.5) is 17.6 Å². The van der Waals surface area contributed by atoms with E-state index in [2.05, 4.69) is 14.7 Å². The van der Waals surface area contributed by atoms with Gasteiger partial charge in [0.15, 0.2) is 0 Å². The maximum Gasteiger partial charge on any atom is 0.419 e. The first kappa shape index (κ1) is 26.8. The average Bonchev–Trinajstić information content (AvgIpc) is 3.46. The topological polar surface area (TPSA) is 105 Å². The van der Waals surface area contributed by atoms with Crippen molar-refractivity contribution in [1.82, 2.24) is 23.8 Å². The van der Waals surface area contributed by atoms with Crippen LogP contribution in [0.5, 0.6) is 0 Å². The fraction of sp³-hybridized carbons (Fsp3) is 0.231. The molecule has 0 saturated heterocycles. The molecule has 0 saturated carbocycles. The average molecular weight is 562 g/mol. The van der Waals surface area contributed by atoms with E-state index < -0.39 is 28.8 Å². The molecule has 5 rings (SSSR count). The lowest BCUT2D eigenvalue weighted by atomic mass is 9.99. The first-order chi connectivity index (χ1) is 18.4. The zero-order valence-corrected chi connectivity index (χ0v) is 21.6. The van der Waals surface area contributed by atoms with Crippen molar-refractivity contribution in [2.24, 2.45) is 7.05 Å². The van der Waals surface area contributed by atoms with E-state index in [4.69, 9.17) is 4.55 Å². The molecule has 204 valence electrons. The second kappa shape index (κ2) is 10.1. The lowest BCUT2D eigenvalue weighted by molar-refractivity contribution is -0.140. The number of aromatic amines is 1. The number of nitrogens with zero attached hydrogens (tertiary/aromatic N) is 3. The molecule has 39 heavy (non-hydrogen) atoms. The fourth-order valence-electron chi connectivity index (χ4n) is 4.80. The second-order valence-electron chi connectivity index (χ2n) is 9.18. The largest absolute Gasteiger partial charge is 0.419 e. The first-order valence-corrected chi connectivity index (χ1v) is 12.9. The molecular weight excluding hydrogens is 538 g/mol. The minimum absolute atomic E-state index is 0.0615. The Balaban J connectivity index is 1.67. The third kappa shape index (κ3) is 5.12. The monoisotopic (exact) mass is 561 g/mol. The Morgan fingerprint density at radius 3 is 2.64 bits per heavy atom. The highest BCUT2D eigenvalue weighted by atomic mass is 32.2. The third-order valence-electron chi connectivity index (χ3n) is 6.63. The number of benzene rings is 2. The summed E-state index contributed by atoms with van der Waals surface area (Å²) in [7, 11) is 1.64. The number of alkyl halides is 3. The molecule has 3 heterocycles. The number of H-pyrrole nitrogens is 1. The van der Waals surface area contributed by atoms with Gasteiger partial charge in [0.25, 0.3) is 5.56 Å². The van der Waals surface area contributed by atoms with Crippen LogP contribution in [0.1, 0.15) is 22.5 Å². The van der Waals surface area contributed by atoms with Gasteiger partial charge in [-0.2, -0.15) is 13.2 Å². The van der Waals surface area contributed by atoms with Crippen LogP contribution in [0.15, 0.2) is 53.6 Å². The van der Waals surface area contributed by atoms with E-state index in [1.807, 2.05) is 12.1 Å². The standard InChI is InChI=1S/C26H23F4N5O3S/c1-14-33-23-16(5-8-32-39(37)38)10-17(19-13-34(2)25(36)24-18(19)6-7-31-24)11-22(23)35(14)12-15-3-4-20(21(27)9-15)26(28,29)30/h3-4,6-7,9-11,13,31-32H,5,8,12H2,1-2H3,(H,37,38). The first-order valence-electron chi connectivity index (χ1n) is 11.8. The predicted molar refractivity (Wildman–Crippen MR) is 140 cm³/mol. The Morgan fingerprint density at radius 1 is 1.18 bits per heavy atom. The van der Waals surface area contributed by atoms with Gasteiger partial charge in [-0.3, -0.25) is 9.35 Å². The summed E-state index contributed by atoms with van der Waals surface area (Å²) in [5.74, 6) is -0.804. The van der Waals surface area contributed by atoms with Crippen molar-refractivity contribution in [2.75, 3.05) is 6.54 Å². The summed E-state index contributed by atoms with van der Waals surface area (Å²) in [5, 5.41) is 0.700. The zero-order chi connectivity index (χ0) is 28.1. The van der Waals surface area contributed by atoms with E-state index in [0.717, 1.165) is 28.8 Å². The minimum atomic E-state index is -4.80. The van der Waals surface area contributed by atoms with Gasteiger partial charge in [-0.25, -0.2) is 18.3 Å². The number of hydrogen-bond acceptors (Lipinski definition) is 3. The number of halogens is 4. The molecule has 1 atom stereocenters. The van der Waals surface area contributed by atoms with Crippen molar-refractivity contribution in [1.29, 1.82) is 0 Å². The fourth-order valence-corrected chi connectivity index (χ4v) is 5.07. The summed E-state index contributed by atoms with van der Waals surface area (Å²) >= 11 is -2.20. The van der Waals surface area contributed by atoms with Gasteiger partial charge in [-0.1, -0.05) is 6.07 Å². The van der Waals surface area contributed by atoms with E-state index in [1.54, 1.807) is 37.0 Å². The molecule has 13 heteroatoms. The molecule has 0 fully saturated rings. The molecule has 0 aliphatic rings. The molecule has 8 nitrogen and oxygen atoms in total. The molecule has 0 aliphatic carbocycles. The molecule has 0 aliphatic heterocycles. The summed E-state index contributed by atoms with van der Waals surface area (Å²) in [6.45, 7) is 1.97. The third-order valence-corrected chi connectivity index (χ3v) is 7.08. The number of aromatic nitrogens is 4. The van der Waals surface area contributed by atoms with Crippen LogP contribution in [-0.2, 0) is 37.5 Å². The van der Waals surface area contributed by atoms with Crippen LogP contribution in [0.2, 0.25) is 0 Å². The highest BCUT2D eigenvalue weighted by Crippen LogP contribution is 2.34. The van der Waals surface area contributed by atoms with E-state index in [1.165, 1.54) is 10.6 Å². The zero-order valence-electron chi connectivity index (χ0n) is 20.8. The summed E-state index contributed by atoms with van der Waals surface area (Å²) in [4.78, 5) is 20.2. The maximum atomic E-state index is 14.3. The van der Waals surface area contributed by atoms with Crippen LogP contribution < -0.4 is 10.3 Å². The summed E-state index contributed by atoms with van der Waals surface area (Å²) in [6, 6.07) is 8.38. The molecule has 0 spiro atoms. The summed E-state index contributed by atoms with van der Waals surface area (Å²) in [5.41, 5.74) is 2.71. The maximum absolute atomic E-state index is 14.3. The Hall–Kier alpha value is -3.81. The van der Waals surface area contributed by atoms with E-state index in [0.29, 0.717) is 39.7 Å². The Bertz CT molecular complexity index is 1810. The van der Waals surface area contributed by atoms with Crippen LogP contribution in [0.25, 0.3) is 33.1 Å². The number of imidazole rings is 1. The Morgan fingerprint density at radius 2 is 1.95 bits per heavy atom. The number of pyridine rings is 1. The Labute approximate surface area is 221 Å². The van der Waals surface area contributed by atoms with Gasteiger partial charge in [0, 0.05) is 43.5 Å². The molecule has 2 aromatic carbocycles. The van der Waals surface area contributed by atoms with Gasteiger partial charge in [-0.15, -0.1) is 0 Å². The summed E-state index contributed by atoms with van der Waals surface area (Å²) in [6.07, 6.45) is -1.08. The number of fused-ring (bicyclic) bond motifs is 2. The predicted octanol–water partition coefficient (Wildman–Crippen LogP) is 4.67. The normalized spacial score (nSPS) is 13.0. The van der Waals surface area contributed by atoms with E-state index in [9.17, 15) is 26.6 Å². The van der Waals surface area contributed by atoms with Crippen molar-refractivity contribution >= 4 is 33.2 Å². The molecular formula is C26H23F4N5O3S. The minimum Gasteiger partial charge on any atom is -0.357 e. The van der Waals surface area contributed by atoms with Crippen molar-refractivity contribution in [2.45, 2.75) is 26.1 Å². The van der Waals surface area contributed by atoms with E-state index in [-0.39, 0.29) is 18.6 Å². The van der Waals surface area contributed by atoms with Crippen LogP contribution in [0, 0.1) is 12.7 Å². The van der Waals surface area contributed by atoms with Crippen LogP contribution in [0.3, 0.4) is 0 Å². The Kier molecular flexibility index (Phi) is 6.91. The van der Waals surface area contributed by atoms with Gasteiger partial charge in [0.05, 0.1) is 16.6 Å². The molecule has 0 radical (unpaired) electrons. The lowest BCUT2D eigenvalue weighted by Crippen LogP contribution is -2.19. The number of hydrogen-bond donors (Lipinski definition) is 3. The molecule has 5 aromatic rings. The van der Waals surface area contributed by atoms with Crippen LogP contribution >= 0.6 is 0 Å². The highest BCUT2D eigenvalue weighted by molar-refractivity contribution is 7.77. The molecule has 3 N–H and O–H groups in total. The van der Waals surface area contributed by atoms with Gasteiger partial charge in [0.2, 0.25) is 11.3 Å². The van der Waals surface area contributed by atoms with E-state index >= 15 is 0 Å². The van der Waals surface area contributed by atoms with Gasteiger partial charge in [0.1, 0.15) is 17.2 Å². The van der Waals surface area contributed by atoms with Crippen molar-refractivity contribution in [3.63, 3.8) is 0 Å². The molecule has 0 bridgehead atoms. The smallest absolute Gasteiger partial charge is 0.357 e. The van der Waals surface area contributed by atoms with Crippen molar-refractivity contribution < 1.29 is 26.3 Å². The highest BCUT2D eigenvalue weighted by Gasteiger charge is 2.34. The SMILES string of the molecule is Cc1nc2c(CCNS(=O)O)cc(-c3cn(C)c(=O)c4[nH]ccc34)cc2n1Cc1ccc(C(F)(F)F)c(F)c1. The van der Waals surface area contributed by atoms with Crippen molar-refractivity contribution in [3.8, 4) is 11.1 Å². The van der Waals surface area contributed by atoms with Gasteiger partial charge >= 0.3 is 6.18 Å². The van der Waals surface area contributed by atoms with Gasteiger partial charge < -0.3 is 14.1 Å². The number of nitrogens with one attached hydrogen (secondary N) is 2. The van der Waals surface area contributed by atoms with Crippen molar-refractivity contribution in [3.05, 3.63) is 87.5 Å². The lowest BCUT2D eigenvalue weighted by Gasteiger charge is -2.13.